The van der Waals surface area contributed by atoms with E-state index in [1.165, 1.54) is 0 Å². The van der Waals surface area contributed by atoms with Gasteiger partial charge in [-0.3, -0.25) is 0 Å². The lowest BCUT2D eigenvalue weighted by Gasteiger charge is -2.23. The van der Waals surface area contributed by atoms with E-state index in [1.807, 2.05) is 12.1 Å². The first-order chi connectivity index (χ1) is 8.66. The molecule has 96 valence electrons. The first-order valence-corrected chi connectivity index (χ1v) is 6.13. The van der Waals surface area contributed by atoms with Crippen LogP contribution in [0.4, 0.5) is 8.78 Å². The number of isocyanates is 1. The van der Waals surface area contributed by atoms with Gasteiger partial charge in [0.2, 0.25) is 12.5 Å². The number of halogens is 2. The molecule has 0 aliphatic heterocycles. The first-order valence-electron chi connectivity index (χ1n) is 6.13. The average Bonchev–Trinajstić information content (AvgIpc) is 2.79. The summed E-state index contributed by atoms with van der Waals surface area (Å²) >= 11 is 0. The molecule has 1 fully saturated rings. The normalized spacial score (nSPS) is 17.7. The third kappa shape index (κ3) is 2.65. The summed E-state index contributed by atoms with van der Waals surface area (Å²) in [6.07, 6.45) is 2.81. The molecular formula is C14H15F2NO. The van der Waals surface area contributed by atoms with Crippen LogP contribution in [0.1, 0.15) is 36.8 Å². The van der Waals surface area contributed by atoms with E-state index in [4.69, 9.17) is 0 Å². The van der Waals surface area contributed by atoms with E-state index in [0.29, 0.717) is 5.56 Å². The van der Waals surface area contributed by atoms with Gasteiger partial charge in [-0.15, -0.1) is 0 Å². The van der Waals surface area contributed by atoms with Gasteiger partial charge in [0.25, 0.3) is 0 Å². The van der Waals surface area contributed by atoms with E-state index in [0.717, 1.165) is 31.2 Å². The minimum atomic E-state index is -2.33. The van der Waals surface area contributed by atoms with Crippen LogP contribution in [-0.2, 0) is 16.8 Å². The Morgan fingerprint density at radius 1 is 1.22 bits per heavy atom. The van der Waals surface area contributed by atoms with E-state index in [9.17, 15) is 13.6 Å². The highest BCUT2D eigenvalue weighted by Crippen LogP contribution is 2.42. The second kappa shape index (κ2) is 5.40. The molecule has 2 rings (SSSR count). The molecule has 4 heteroatoms. The second-order valence-electron chi connectivity index (χ2n) is 4.73. The zero-order valence-electron chi connectivity index (χ0n) is 10.0. The van der Waals surface area contributed by atoms with Gasteiger partial charge in [0.05, 0.1) is 5.54 Å². The lowest BCUT2D eigenvalue weighted by molar-refractivity contribution is 0.149. The fourth-order valence-corrected chi connectivity index (χ4v) is 2.64. The van der Waals surface area contributed by atoms with E-state index < -0.39 is 12.0 Å². The van der Waals surface area contributed by atoms with Crippen LogP contribution in [0.3, 0.4) is 0 Å². The standard InChI is InChI=1S/C14H15F2NO/c15-13(16)9-11-3-5-12(6-4-11)14(17-10-18)7-1-2-8-14/h3-6,13H,1-2,7-9H2. The Hall–Kier alpha value is -1.54. The van der Waals surface area contributed by atoms with Gasteiger partial charge in [-0.2, -0.15) is 4.99 Å². The number of aliphatic imine (C=N–C) groups is 1. The maximum Gasteiger partial charge on any atom is 0.242 e. The van der Waals surface area contributed by atoms with E-state index in [2.05, 4.69) is 4.99 Å². The number of benzene rings is 1. The molecule has 1 aliphatic rings. The Balaban J connectivity index is 2.24. The maximum atomic E-state index is 12.2. The molecule has 0 aromatic heterocycles. The third-order valence-corrected chi connectivity index (χ3v) is 3.57. The van der Waals surface area contributed by atoms with Crippen molar-refractivity contribution in [1.82, 2.24) is 0 Å². The van der Waals surface area contributed by atoms with E-state index in [-0.39, 0.29) is 6.42 Å². The van der Waals surface area contributed by atoms with Gasteiger partial charge in [0.15, 0.2) is 0 Å². The van der Waals surface area contributed by atoms with Crippen molar-refractivity contribution in [3.05, 3.63) is 35.4 Å². The average molecular weight is 251 g/mol. The molecule has 1 saturated carbocycles. The summed E-state index contributed by atoms with van der Waals surface area (Å²) in [5, 5.41) is 0. The second-order valence-corrected chi connectivity index (χ2v) is 4.73. The van der Waals surface area contributed by atoms with Crippen LogP contribution >= 0.6 is 0 Å². The molecule has 0 heterocycles. The predicted octanol–water partition coefficient (Wildman–Crippen LogP) is 3.60. The molecule has 0 N–H and O–H groups in total. The summed E-state index contributed by atoms with van der Waals surface area (Å²) in [6.45, 7) is 0. The fourth-order valence-electron chi connectivity index (χ4n) is 2.64. The number of alkyl halides is 2. The predicted molar refractivity (Wildman–Crippen MR) is 64.4 cm³/mol. The molecule has 0 radical (unpaired) electrons. The van der Waals surface area contributed by atoms with Crippen LogP contribution in [0.25, 0.3) is 0 Å². The Bertz CT molecular complexity index is 443. The molecule has 1 aromatic carbocycles. The Morgan fingerprint density at radius 3 is 2.33 bits per heavy atom. The van der Waals surface area contributed by atoms with Gasteiger partial charge in [0, 0.05) is 6.42 Å². The van der Waals surface area contributed by atoms with E-state index >= 15 is 0 Å². The number of hydrogen-bond donors (Lipinski definition) is 0. The van der Waals surface area contributed by atoms with Gasteiger partial charge < -0.3 is 0 Å². The molecule has 2 nitrogen and oxygen atoms in total. The summed E-state index contributed by atoms with van der Waals surface area (Å²) in [4.78, 5) is 14.5. The van der Waals surface area contributed by atoms with Gasteiger partial charge in [-0.25, -0.2) is 13.6 Å². The van der Waals surface area contributed by atoms with Gasteiger partial charge in [-0.05, 0) is 24.0 Å². The van der Waals surface area contributed by atoms with Crippen molar-refractivity contribution in [1.29, 1.82) is 0 Å². The lowest BCUT2D eigenvalue weighted by Crippen LogP contribution is -2.18. The van der Waals surface area contributed by atoms with Crippen LogP contribution < -0.4 is 0 Å². The zero-order chi connectivity index (χ0) is 13.0. The SMILES string of the molecule is O=C=NC1(c2ccc(CC(F)F)cc2)CCCC1. The van der Waals surface area contributed by atoms with Crippen LogP contribution in [-0.4, -0.2) is 12.5 Å². The van der Waals surface area contributed by atoms with Gasteiger partial charge >= 0.3 is 0 Å². The molecule has 0 saturated heterocycles. The molecule has 0 bridgehead atoms. The van der Waals surface area contributed by atoms with Crippen LogP contribution in [0, 0.1) is 0 Å². The summed E-state index contributed by atoms with van der Waals surface area (Å²) in [5.74, 6) is 0. The minimum absolute atomic E-state index is 0.232. The van der Waals surface area contributed by atoms with Crippen molar-refractivity contribution in [2.24, 2.45) is 4.99 Å². The quantitative estimate of drug-likeness (QED) is 0.594. The summed E-state index contributed by atoms with van der Waals surface area (Å²) in [7, 11) is 0. The summed E-state index contributed by atoms with van der Waals surface area (Å²) in [6, 6.07) is 7.01. The lowest BCUT2D eigenvalue weighted by atomic mass is 9.88. The van der Waals surface area contributed by atoms with Crippen LogP contribution in [0.5, 0.6) is 0 Å². The number of rotatable bonds is 4. The Morgan fingerprint density at radius 2 is 1.83 bits per heavy atom. The van der Waals surface area contributed by atoms with Crippen LogP contribution in [0.2, 0.25) is 0 Å². The molecule has 1 aliphatic carbocycles. The number of hydrogen-bond acceptors (Lipinski definition) is 2. The highest BCUT2D eigenvalue weighted by atomic mass is 19.3. The minimum Gasteiger partial charge on any atom is -0.211 e. The first kappa shape index (κ1) is 12.9. The third-order valence-electron chi connectivity index (χ3n) is 3.57. The Labute approximate surface area is 105 Å². The fraction of sp³-hybridized carbons (Fsp3) is 0.500. The van der Waals surface area contributed by atoms with Gasteiger partial charge in [-0.1, -0.05) is 37.1 Å². The van der Waals surface area contributed by atoms with Crippen molar-refractivity contribution in [3.63, 3.8) is 0 Å². The smallest absolute Gasteiger partial charge is 0.211 e. The zero-order valence-corrected chi connectivity index (χ0v) is 10.0. The van der Waals surface area contributed by atoms with Crippen molar-refractivity contribution in [3.8, 4) is 0 Å². The van der Waals surface area contributed by atoms with Gasteiger partial charge in [0.1, 0.15) is 0 Å². The monoisotopic (exact) mass is 251 g/mol. The van der Waals surface area contributed by atoms with Crippen molar-refractivity contribution < 1.29 is 13.6 Å². The van der Waals surface area contributed by atoms with E-state index in [1.54, 1.807) is 18.2 Å². The molecule has 18 heavy (non-hydrogen) atoms. The molecular weight excluding hydrogens is 236 g/mol. The largest absolute Gasteiger partial charge is 0.242 e. The van der Waals surface area contributed by atoms with Crippen molar-refractivity contribution in [2.45, 2.75) is 44.1 Å². The number of nitrogens with zero attached hydrogens (tertiary/aromatic N) is 1. The van der Waals surface area contributed by atoms with Crippen LogP contribution in [0.15, 0.2) is 29.3 Å². The Kier molecular flexibility index (Phi) is 3.87. The molecule has 0 unspecified atom stereocenters. The summed E-state index contributed by atoms with van der Waals surface area (Å²) in [5.41, 5.74) is 1.07. The number of carbonyl (C=O) groups excluding carboxylic acids is 1. The topological polar surface area (TPSA) is 29.4 Å². The molecule has 0 atom stereocenters. The highest BCUT2D eigenvalue weighted by Gasteiger charge is 2.35. The van der Waals surface area contributed by atoms with Crippen molar-refractivity contribution in [2.75, 3.05) is 0 Å². The van der Waals surface area contributed by atoms with Crippen molar-refractivity contribution >= 4 is 6.08 Å². The molecule has 1 aromatic rings. The summed E-state index contributed by atoms with van der Waals surface area (Å²) < 4.78 is 24.5. The maximum absolute atomic E-state index is 12.2. The molecule has 0 amide bonds. The molecule has 0 spiro atoms. The highest BCUT2D eigenvalue weighted by molar-refractivity contribution is 5.39.